The maximum Gasteiger partial charge on any atom is 0.129 e. The summed E-state index contributed by atoms with van der Waals surface area (Å²) in [6, 6.07) is 40.1. The molecule has 0 atom stereocenters. The van der Waals surface area contributed by atoms with Crippen molar-refractivity contribution in [3.63, 3.8) is 0 Å². The van der Waals surface area contributed by atoms with Gasteiger partial charge in [0.2, 0.25) is 0 Å². The molecule has 4 heteroatoms. The number of nitrogens with zero attached hydrogens (tertiary/aromatic N) is 1. The number of hydrogen-bond acceptors (Lipinski definition) is 1. The van der Waals surface area contributed by atoms with Gasteiger partial charge >= 0.3 is 0 Å². The zero-order valence-electron chi connectivity index (χ0n) is 17.2. The molecule has 0 saturated heterocycles. The number of halogens is 1. The second-order valence-electron chi connectivity index (χ2n) is 7.08. The summed E-state index contributed by atoms with van der Waals surface area (Å²) < 4.78 is 1.11. The fraction of sp³-hybridized carbons (Fsp3) is 0.0741. The van der Waals surface area contributed by atoms with E-state index in [1.807, 2.05) is 12.1 Å². The Bertz CT molecular complexity index is 1080. The Morgan fingerprint density at radius 3 is 1.77 bits per heavy atom. The average Bonchev–Trinajstić information content (AvgIpc) is 2.83. The van der Waals surface area contributed by atoms with Gasteiger partial charge < -0.3 is 5.32 Å². The molecule has 0 heterocycles. The monoisotopic (exact) mass is 486 g/mol. The van der Waals surface area contributed by atoms with Crippen LogP contribution in [0.2, 0.25) is 0 Å². The third kappa shape index (κ3) is 5.91. The third-order valence-electron chi connectivity index (χ3n) is 4.89. The molecule has 0 bridgehead atoms. The van der Waals surface area contributed by atoms with Crippen LogP contribution in [-0.4, -0.2) is 5.58 Å². The first kappa shape index (κ1) is 21.5. The zero-order chi connectivity index (χ0) is 21.3. The Morgan fingerprint density at radius 2 is 1.19 bits per heavy atom. The molecule has 31 heavy (non-hydrogen) atoms. The molecule has 0 fully saturated rings. The van der Waals surface area contributed by atoms with Gasteiger partial charge in [-0.2, -0.15) is 0 Å². The molecule has 0 aliphatic carbocycles. The highest BCUT2D eigenvalue weighted by molar-refractivity contribution is 9.10. The second kappa shape index (κ2) is 11.0. The van der Waals surface area contributed by atoms with E-state index in [0.29, 0.717) is 13.1 Å². The van der Waals surface area contributed by atoms with E-state index in [-0.39, 0.29) is 0 Å². The molecule has 0 aliphatic heterocycles. The van der Waals surface area contributed by atoms with E-state index in [4.69, 9.17) is 4.99 Å². The van der Waals surface area contributed by atoms with Crippen molar-refractivity contribution in [1.82, 2.24) is 5.32 Å². The maximum atomic E-state index is 5.11. The van der Waals surface area contributed by atoms with Crippen LogP contribution in [0.25, 0.3) is 0 Å². The van der Waals surface area contributed by atoms with Crippen LogP contribution in [-0.2, 0) is 13.1 Å². The molecular formula is C27H24BrN2P. The minimum absolute atomic E-state index is 0.650. The lowest BCUT2D eigenvalue weighted by molar-refractivity contribution is 0.906. The van der Waals surface area contributed by atoms with Gasteiger partial charge in [0.15, 0.2) is 0 Å². The van der Waals surface area contributed by atoms with Crippen molar-refractivity contribution >= 4 is 40.0 Å². The Hall–Kier alpha value is -2.74. The average molecular weight is 487 g/mol. The number of hydrogen-bond donors (Lipinski definition) is 1. The van der Waals surface area contributed by atoms with Crippen molar-refractivity contribution in [2.24, 2.45) is 4.99 Å². The van der Waals surface area contributed by atoms with Gasteiger partial charge in [-0.25, -0.2) is 0 Å². The van der Waals surface area contributed by atoms with E-state index in [2.05, 4.69) is 124 Å². The predicted octanol–water partition coefficient (Wildman–Crippen LogP) is 6.23. The molecule has 2 nitrogen and oxygen atoms in total. The van der Waals surface area contributed by atoms with Crippen LogP contribution in [0.1, 0.15) is 11.1 Å². The number of benzene rings is 4. The first-order chi connectivity index (χ1) is 15.3. The molecule has 0 amide bonds. The van der Waals surface area contributed by atoms with E-state index in [1.165, 1.54) is 21.7 Å². The molecule has 0 radical (unpaired) electrons. The fourth-order valence-electron chi connectivity index (χ4n) is 3.32. The van der Waals surface area contributed by atoms with E-state index in [9.17, 15) is 0 Å². The van der Waals surface area contributed by atoms with Crippen LogP contribution < -0.4 is 15.9 Å². The molecule has 0 aromatic heterocycles. The molecule has 4 rings (SSSR count). The summed E-state index contributed by atoms with van der Waals surface area (Å²) >= 11 is 3.67. The van der Waals surface area contributed by atoms with Crippen LogP contribution in [0.5, 0.6) is 0 Å². The molecule has 1 N–H and O–H groups in total. The van der Waals surface area contributed by atoms with Crippen LogP contribution >= 0.6 is 23.9 Å². The molecule has 4 aromatic carbocycles. The zero-order valence-corrected chi connectivity index (χ0v) is 19.6. The normalized spacial score (nSPS) is 11.5. The number of amidine groups is 1. The van der Waals surface area contributed by atoms with Gasteiger partial charge in [0.1, 0.15) is 5.58 Å². The molecule has 0 unspecified atom stereocenters. The SMILES string of the molecule is Brc1ccccc1CNC(=NCc1ccccc1)P(c1ccccc1)c1ccccc1. The minimum atomic E-state index is -0.793. The maximum absolute atomic E-state index is 5.11. The quantitative estimate of drug-likeness (QED) is 0.187. The molecule has 4 aromatic rings. The highest BCUT2D eigenvalue weighted by Gasteiger charge is 2.20. The smallest absolute Gasteiger partial charge is 0.129 e. The highest BCUT2D eigenvalue weighted by atomic mass is 79.9. The molecule has 0 saturated carbocycles. The molecule has 0 spiro atoms. The molecule has 0 aliphatic rings. The van der Waals surface area contributed by atoms with Crippen LogP contribution in [0, 0.1) is 0 Å². The highest BCUT2D eigenvalue weighted by Crippen LogP contribution is 2.35. The fourth-order valence-corrected chi connectivity index (χ4v) is 5.92. The summed E-state index contributed by atoms with van der Waals surface area (Å²) in [6.07, 6.45) is 0. The van der Waals surface area contributed by atoms with Gasteiger partial charge in [0.25, 0.3) is 0 Å². The third-order valence-corrected chi connectivity index (χ3v) is 8.02. The van der Waals surface area contributed by atoms with Gasteiger partial charge in [-0.05, 0) is 27.8 Å². The lowest BCUT2D eigenvalue weighted by Crippen LogP contribution is -2.29. The lowest BCUT2D eigenvalue weighted by atomic mass is 10.2. The van der Waals surface area contributed by atoms with Gasteiger partial charge in [-0.3, -0.25) is 4.99 Å². The van der Waals surface area contributed by atoms with Crippen LogP contribution in [0.3, 0.4) is 0 Å². The van der Waals surface area contributed by atoms with Gasteiger partial charge in [-0.1, -0.05) is 125 Å². The van der Waals surface area contributed by atoms with Crippen LogP contribution in [0.4, 0.5) is 0 Å². The Balaban J connectivity index is 1.71. The Morgan fingerprint density at radius 1 is 0.677 bits per heavy atom. The summed E-state index contributed by atoms with van der Waals surface area (Å²) in [4.78, 5) is 5.11. The Kier molecular flexibility index (Phi) is 7.65. The van der Waals surface area contributed by atoms with Crippen molar-refractivity contribution in [3.05, 3.63) is 131 Å². The van der Waals surface area contributed by atoms with Gasteiger partial charge in [0, 0.05) is 18.9 Å². The van der Waals surface area contributed by atoms with Crippen molar-refractivity contribution in [1.29, 1.82) is 0 Å². The summed E-state index contributed by atoms with van der Waals surface area (Å²) in [5, 5.41) is 6.27. The van der Waals surface area contributed by atoms with E-state index >= 15 is 0 Å². The largest absolute Gasteiger partial charge is 0.366 e. The summed E-state index contributed by atoms with van der Waals surface area (Å²) in [6.45, 7) is 1.37. The number of nitrogens with one attached hydrogen (secondary N) is 1. The standard InChI is InChI=1S/C27H24BrN2P/c28-26-19-11-10-14-23(26)21-30-27(29-20-22-12-4-1-5-13-22)31(24-15-6-2-7-16-24)25-17-8-3-9-18-25/h1-19H,20-21H2,(H,29,30). The van der Waals surface area contributed by atoms with Crippen molar-refractivity contribution in [2.75, 3.05) is 0 Å². The van der Waals surface area contributed by atoms with Crippen LogP contribution in [0.15, 0.2) is 125 Å². The first-order valence-electron chi connectivity index (χ1n) is 10.3. The van der Waals surface area contributed by atoms with E-state index < -0.39 is 7.92 Å². The number of rotatable bonds is 7. The Labute approximate surface area is 194 Å². The topological polar surface area (TPSA) is 24.4 Å². The van der Waals surface area contributed by atoms with Crippen molar-refractivity contribution in [2.45, 2.75) is 13.1 Å². The van der Waals surface area contributed by atoms with E-state index in [0.717, 1.165) is 10.0 Å². The molecular weight excluding hydrogens is 463 g/mol. The van der Waals surface area contributed by atoms with E-state index in [1.54, 1.807) is 0 Å². The van der Waals surface area contributed by atoms with Crippen molar-refractivity contribution in [3.8, 4) is 0 Å². The second-order valence-corrected chi connectivity index (χ2v) is 10.1. The first-order valence-corrected chi connectivity index (χ1v) is 12.4. The predicted molar refractivity (Wildman–Crippen MR) is 138 cm³/mol. The van der Waals surface area contributed by atoms with Gasteiger partial charge in [-0.15, -0.1) is 0 Å². The van der Waals surface area contributed by atoms with Crippen molar-refractivity contribution < 1.29 is 0 Å². The lowest BCUT2D eigenvalue weighted by Gasteiger charge is -2.22. The summed E-state index contributed by atoms with van der Waals surface area (Å²) in [7, 11) is -0.793. The summed E-state index contributed by atoms with van der Waals surface area (Å²) in [5.74, 6) is 0. The summed E-state index contributed by atoms with van der Waals surface area (Å²) in [5.41, 5.74) is 3.46. The van der Waals surface area contributed by atoms with Gasteiger partial charge in [0.05, 0.1) is 6.54 Å². The minimum Gasteiger partial charge on any atom is -0.366 e. The number of aliphatic imine (C=N–C) groups is 1. The molecule has 154 valence electrons.